The van der Waals surface area contributed by atoms with E-state index in [-0.39, 0.29) is 0 Å². The molecule has 1 heterocycles. The summed E-state index contributed by atoms with van der Waals surface area (Å²) in [6.45, 7) is 3.65. The van der Waals surface area contributed by atoms with Gasteiger partial charge in [-0.05, 0) is 18.9 Å². The van der Waals surface area contributed by atoms with Crippen LogP contribution in [0.2, 0.25) is 0 Å². The van der Waals surface area contributed by atoms with Gasteiger partial charge in [-0.2, -0.15) is 5.10 Å². The highest BCUT2D eigenvalue weighted by Crippen LogP contribution is 2.18. The lowest BCUT2D eigenvalue weighted by atomic mass is 10.4. The van der Waals surface area contributed by atoms with Crippen molar-refractivity contribution in [2.24, 2.45) is 0 Å². The van der Waals surface area contributed by atoms with Gasteiger partial charge in [0.2, 0.25) is 0 Å². The quantitative estimate of drug-likeness (QED) is 0.648. The van der Waals surface area contributed by atoms with Crippen molar-refractivity contribution in [3.8, 4) is 0 Å². The fraction of sp³-hybridized carbons (Fsp3) is 0.750. The number of hydrogen-bond donors (Lipinski definition) is 1. The molecule has 0 unspecified atom stereocenters. The summed E-state index contributed by atoms with van der Waals surface area (Å²) in [6, 6.07) is 2.79. The highest BCUT2D eigenvalue weighted by molar-refractivity contribution is 4.99. The Hall–Kier alpha value is -0.910. The van der Waals surface area contributed by atoms with Gasteiger partial charge in [0.1, 0.15) is 0 Å². The van der Waals surface area contributed by atoms with Crippen LogP contribution in [0.5, 0.6) is 0 Å². The summed E-state index contributed by atoms with van der Waals surface area (Å²) in [5, 5.41) is 7.92. The van der Waals surface area contributed by atoms with Gasteiger partial charge in [0.15, 0.2) is 0 Å². The zero-order chi connectivity index (χ0) is 11.9. The maximum Gasteiger partial charge on any atom is 0.0762 e. The Morgan fingerprint density at radius 1 is 1.41 bits per heavy atom. The molecular formula is C12H21N3O2. The number of hydrogen-bond acceptors (Lipinski definition) is 4. The predicted molar refractivity (Wildman–Crippen MR) is 64.8 cm³/mol. The fourth-order valence-corrected chi connectivity index (χ4v) is 1.56. The first-order chi connectivity index (χ1) is 8.38. The molecule has 96 valence electrons. The highest BCUT2D eigenvalue weighted by atomic mass is 16.5. The van der Waals surface area contributed by atoms with Crippen molar-refractivity contribution >= 4 is 0 Å². The second-order valence-corrected chi connectivity index (χ2v) is 4.33. The maximum absolute atomic E-state index is 5.39. The third kappa shape index (κ3) is 4.85. The fourth-order valence-electron chi connectivity index (χ4n) is 1.56. The molecule has 0 spiro atoms. The lowest BCUT2D eigenvalue weighted by molar-refractivity contribution is 0.0654. The number of ether oxygens (including phenoxy) is 2. The van der Waals surface area contributed by atoms with Crippen molar-refractivity contribution in [1.82, 2.24) is 15.1 Å². The van der Waals surface area contributed by atoms with Crippen LogP contribution in [0.3, 0.4) is 0 Å². The molecule has 0 atom stereocenters. The number of aromatic nitrogens is 2. The molecule has 0 amide bonds. The van der Waals surface area contributed by atoms with Crippen molar-refractivity contribution in [1.29, 1.82) is 0 Å². The summed E-state index contributed by atoms with van der Waals surface area (Å²) in [4.78, 5) is 0. The van der Waals surface area contributed by atoms with E-state index < -0.39 is 0 Å². The molecule has 5 heteroatoms. The van der Waals surface area contributed by atoms with Gasteiger partial charge in [-0.1, -0.05) is 0 Å². The van der Waals surface area contributed by atoms with E-state index in [1.54, 1.807) is 7.11 Å². The van der Waals surface area contributed by atoms with E-state index in [1.807, 2.05) is 10.9 Å². The van der Waals surface area contributed by atoms with Gasteiger partial charge < -0.3 is 14.8 Å². The van der Waals surface area contributed by atoms with E-state index in [9.17, 15) is 0 Å². The smallest absolute Gasteiger partial charge is 0.0762 e. The standard InChI is InChI=1S/C12H21N3O2/c1-16-8-9-17-7-6-15-5-4-12(14-15)10-13-11-2-3-11/h4-5,11,13H,2-3,6-10H2,1H3. The molecule has 1 aromatic rings. The van der Waals surface area contributed by atoms with Gasteiger partial charge in [-0.3, -0.25) is 4.68 Å². The first-order valence-corrected chi connectivity index (χ1v) is 6.21. The molecule has 0 saturated heterocycles. The molecule has 1 aliphatic carbocycles. The zero-order valence-electron chi connectivity index (χ0n) is 10.4. The van der Waals surface area contributed by atoms with Crippen molar-refractivity contribution in [2.75, 3.05) is 26.9 Å². The summed E-state index contributed by atoms with van der Waals surface area (Å²) < 4.78 is 12.2. The maximum atomic E-state index is 5.39. The summed E-state index contributed by atoms with van der Waals surface area (Å²) in [7, 11) is 1.68. The highest BCUT2D eigenvalue weighted by Gasteiger charge is 2.20. The molecule has 17 heavy (non-hydrogen) atoms. The normalized spacial score (nSPS) is 15.4. The number of nitrogens with zero attached hydrogens (tertiary/aromatic N) is 2. The predicted octanol–water partition coefficient (Wildman–Crippen LogP) is 0.798. The monoisotopic (exact) mass is 239 g/mol. The third-order valence-electron chi connectivity index (χ3n) is 2.74. The average molecular weight is 239 g/mol. The summed E-state index contributed by atoms with van der Waals surface area (Å²) in [5.41, 5.74) is 1.11. The molecule has 0 radical (unpaired) electrons. The molecule has 5 nitrogen and oxygen atoms in total. The zero-order valence-corrected chi connectivity index (χ0v) is 10.4. The molecule has 1 saturated carbocycles. The summed E-state index contributed by atoms with van der Waals surface area (Å²) in [6.07, 6.45) is 4.63. The van der Waals surface area contributed by atoms with E-state index in [1.165, 1.54) is 12.8 Å². The molecule has 1 aliphatic rings. The second kappa shape index (κ2) is 6.74. The van der Waals surface area contributed by atoms with Crippen LogP contribution in [-0.2, 0) is 22.6 Å². The first kappa shape index (κ1) is 12.5. The average Bonchev–Trinajstić information content (AvgIpc) is 3.06. The van der Waals surface area contributed by atoms with E-state index in [0.29, 0.717) is 19.8 Å². The topological polar surface area (TPSA) is 48.3 Å². The van der Waals surface area contributed by atoms with E-state index >= 15 is 0 Å². The lowest BCUT2D eigenvalue weighted by Crippen LogP contribution is -2.16. The molecule has 2 rings (SSSR count). The van der Waals surface area contributed by atoms with Crippen molar-refractivity contribution in [3.63, 3.8) is 0 Å². The van der Waals surface area contributed by atoms with E-state index in [4.69, 9.17) is 9.47 Å². The number of nitrogens with one attached hydrogen (secondary N) is 1. The van der Waals surface area contributed by atoms with Crippen molar-refractivity contribution in [3.05, 3.63) is 18.0 Å². The van der Waals surface area contributed by atoms with Gasteiger partial charge in [0.25, 0.3) is 0 Å². The Labute approximate surface area is 102 Å². The van der Waals surface area contributed by atoms with Crippen LogP contribution in [0.15, 0.2) is 12.3 Å². The molecule has 0 aliphatic heterocycles. The Bertz CT molecular complexity index is 323. The molecule has 1 fully saturated rings. The summed E-state index contributed by atoms with van der Waals surface area (Å²) in [5.74, 6) is 0. The Morgan fingerprint density at radius 3 is 3.06 bits per heavy atom. The van der Waals surface area contributed by atoms with Crippen LogP contribution in [0.4, 0.5) is 0 Å². The molecule has 0 aromatic carbocycles. The van der Waals surface area contributed by atoms with Crippen LogP contribution in [0, 0.1) is 0 Å². The van der Waals surface area contributed by atoms with E-state index in [0.717, 1.165) is 24.8 Å². The van der Waals surface area contributed by atoms with Gasteiger partial charge in [0, 0.05) is 25.9 Å². The molecule has 1 aromatic heterocycles. The minimum Gasteiger partial charge on any atom is -0.382 e. The Balaban J connectivity index is 1.59. The largest absolute Gasteiger partial charge is 0.382 e. The summed E-state index contributed by atoms with van der Waals surface area (Å²) >= 11 is 0. The van der Waals surface area contributed by atoms with Gasteiger partial charge in [0.05, 0.1) is 32.1 Å². The molecular weight excluding hydrogens is 218 g/mol. The second-order valence-electron chi connectivity index (χ2n) is 4.33. The number of methoxy groups -OCH3 is 1. The Kier molecular flexibility index (Phi) is 4.97. The van der Waals surface area contributed by atoms with Crippen LogP contribution in [0.25, 0.3) is 0 Å². The number of rotatable bonds is 9. The van der Waals surface area contributed by atoms with Crippen LogP contribution in [0.1, 0.15) is 18.5 Å². The lowest BCUT2D eigenvalue weighted by Gasteiger charge is -2.03. The minimum atomic E-state index is 0.647. The van der Waals surface area contributed by atoms with E-state index in [2.05, 4.69) is 16.5 Å². The van der Waals surface area contributed by atoms with Crippen molar-refractivity contribution in [2.45, 2.75) is 32.0 Å². The van der Waals surface area contributed by atoms with Gasteiger partial charge in [-0.25, -0.2) is 0 Å². The third-order valence-corrected chi connectivity index (χ3v) is 2.74. The molecule has 1 N–H and O–H groups in total. The van der Waals surface area contributed by atoms with Crippen LogP contribution < -0.4 is 5.32 Å². The first-order valence-electron chi connectivity index (χ1n) is 6.21. The van der Waals surface area contributed by atoms with Gasteiger partial charge >= 0.3 is 0 Å². The minimum absolute atomic E-state index is 0.647. The van der Waals surface area contributed by atoms with Crippen LogP contribution in [-0.4, -0.2) is 42.8 Å². The molecule has 0 bridgehead atoms. The SMILES string of the molecule is COCCOCCn1ccc(CNC2CC2)n1. The van der Waals surface area contributed by atoms with Crippen LogP contribution >= 0.6 is 0 Å². The Morgan fingerprint density at radius 2 is 2.29 bits per heavy atom. The van der Waals surface area contributed by atoms with Gasteiger partial charge in [-0.15, -0.1) is 0 Å². The van der Waals surface area contributed by atoms with Crippen molar-refractivity contribution < 1.29 is 9.47 Å².